The van der Waals surface area contributed by atoms with Crippen molar-refractivity contribution in [1.29, 1.82) is 0 Å². The zero-order valence-electron chi connectivity index (χ0n) is 6.00. The molecule has 0 unspecified atom stereocenters. The molecule has 1 heteroatoms. The molecule has 0 atom stereocenters. The van der Waals surface area contributed by atoms with Gasteiger partial charge in [-0.1, -0.05) is 24.8 Å². The van der Waals surface area contributed by atoms with Crippen molar-refractivity contribution < 1.29 is 0 Å². The fraction of sp³-hybridized carbons (Fsp3) is 0.111. The molecule has 0 aliphatic carbocycles. The molecule has 0 fully saturated rings. The zero-order chi connectivity index (χ0) is 7.40. The van der Waals surface area contributed by atoms with Crippen LogP contribution in [0.3, 0.4) is 0 Å². The van der Waals surface area contributed by atoms with Crippen molar-refractivity contribution in [2.45, 2.75) is 6.92 Å². The van der Waals surface area contributed by atoms with Crippen LogP contribution in [0.5, 0.6) is 0 Å². The fourth-order valence-electron chi connectivity index (χ4n) is 0.713. The Kier molecular flexibility index (Phi) is 2.46. The number of aryl methyl sites for hydroxylation is 1. The fourth-order valence-corrected chi connectivity index (χ4v) is 1.53. The van der Waals surface area contributed by atoms with Crippen LogP contribution in [0, 0.1) is 6.92 Å². The highest BCUT2D eigenvalue weighted by atomic mass is 32.1. The van der Waals surface area contributed by atoms with Gasteiger partial charge in [0.15, 0.2) is 0 Å². The molecule has 0 saturated carbocycles. The summed E-state index contributed by atoms with van der Waals surface area (Å²) < 4.78 is 0. The predicted molar refractivity (Wildman–Crippen MR) is 48.3 cm³/mol. The van der Waals surface area contributed by atoms with E-state index < -0.39 is 0 Å². The number of thiophene rings is 1. The SMILES string of the molecule is C=C/C=C\c1cscc1C. The summed E-state index contributed by atoms with van der Waals surface area (Å²) in [6.07, 6.45) is 5.81. The van der Waals surface area contributed by atoms with Crippen molar-refractivity contribution in [3.05, 3.63) is 40.6 Å². The minimum atomic E-state index is 1.30. The lowest BCUT2D eigenvalue weighted by Gasteiger charge is -1.85. The largest absolute Gasteiger partial charge is 0.152 e. The summed E-state index contributed by atoms with van der Waals surface area (Å²) in [5.41, 5.74) is 2.63. The first kappa shape index (κ1) is 7.29. The molecule has 0 spiro atoms. The lowest BCUT2D eigenvalue weighted by molar-refractivity contribution is 1.53. The lowest BCUT2D eigenvalue weighted by Crippen LogP contribution is -1.66. The Morgan fingerprint density at radius 2 is 2.30 bits per heavy atom. The Hall–Kier alpha value is -0.820. The van der Waals surface area contributed by atoms with Gasteiger partial charge in [0.1, 0.15) is 0 Å². The average molecular weight is 150 g/mol. The van der Waals surface area contributed by atoms with E-state index in [0.717, 1.165) is 0 Å². The van der Waals surface area contributed by atoms with Gasteiger partial charge in [-0.25, -0.2) is 0 Å². The first-order chi connectivity index (χ1) is 4.84. The number of hydrogen-bond donors (Lipinski definition) is 0. The maximum absolute atomic E-state index is 3.61. The van der Waals surface area contributed by atoms with Crippen LogP contribution in [-0.2, 0) is 0 Å². The Morgan fingerprint density at radius 1 is 1.50 bits per heavy atom. The van der Waals surface area contributed by atoms with Crippen LogP contribution in [0.2, 0.25) is 0 Å². The third kappa shape index (κ3) is 1.58. The van der Waals surface area contributed by atoms with Gasteiger partial charge >= 0.3 is 0 Å². The summed E-state index contributed by atoms with van der Waals surface area (Å²) >= 11 is 1.73. The second kappa shape index (κ2) is 3.37. The molecule has 1 rings (SSSR count). The highest BCUT2D eigenvalue weighted by Crippen LogP contribution is 2.14. The monoisotopic (exact) mass is 150 g/mol. The van der Waals surface area contributed by atoms with Gasteiger partial charge in [-0.2, -0.15) is 11.3 Å². The van der Waals surface area contributed by atoms with Gasteiger partial charge in [0, 0.05) is 0 Å². The molecule has 1 aromatic rings. The smallest absolute Gasteiger partial charge is 0.00180 e. The van der Waals surface area contributed by atoms with E-state index in [4.69, 9.17) is 0 Å². The molecular formula is C9H10S. The molecule has 0 aliphatic rings. The van der Waals surface area contributed by atoms with Crippen molar-refractivity contribution in [3.8, 4) is 0 Å². The van der Waals surface area contributed by atoms with Crippen molar-refractivity contribution in [2.75, 3.05) is 0 Å². The van der Waals surface area contributed by atoms with Crippen LogP contribution >= 0.6 is 11.3 Å². The van der Waals surface area contributed by atoms with E-state index in [2.05, 4.69) is 30.3 Å². The van der Waals surface area contributed by atoms with E-state index in [1.54, 1.807) is 17.4 Å². The van der Waals surface area contributed by atoms with E-state index in [0.29, 0.717) is 0 Å². The number of rotatable bonds is 2. The van der Waals surface area contributed by atoms with E-state index in [9.17, 15) is 0 Å². The minimum Gasteiger partial charge on any atom is -0.152 e. The molecule has 1 aromatic heterocycles. The van der Waals surface area contributed by atoms with Crippen LogP contribution in [0.25, 0.3) is 6.08 Å². The van der Waals surface area contributed by atoms with Crippen LogP contribution in [-0.4, -0.2) is 0 Å². The van der Waals surface area contributed by atoms with Crippen molar-refractivity contribution in [1.82, 2.24) is 0 Å². The molecule has 0 N–H and O–H groups in total. The predicted octanol–water partition coefficient (Wildman–Crippen LogP) is 3.26. The topological polar surface area (TPSA) is 0 Å². The Morgan fingerprint density at radius 3 is 2.80 bits per heavy atom. The molecule has 0 saturated heterocycles. The number of hydrogen-bond acceptors (Lipinski definition) is 1. The molecule has 52 valence electrons. The average Bonchev–Trinajstić information content (AvgIpc) is 2.31. The normalized spacial score (nSPS) is 10.5. The van der Waals surface area contributed by atoms with Gasteiger partial charge in [-0.15, -0.1) is 0 Å². The summed E-state index contributed by atoms with van der Waals surface area (Å²) in [6.45, 7) is 5.72. The van der Waals surface area contributed by atoms with E-state index >= 15 is 0 Å². The van der Waals surface area contributed by atoms with Gasteiger partial charge in [0.25, 0.3) is 0 Å². The maximum atomic E-state index is 3.61. The summed E-state index contributed by atoms with van der Waals surface area (Å²) in [4.78, 5) is 0. The van der Waals surface area contributed by atoms with Crippen LogP contribution in [0.1, 0.15) is 11.1 Å². The van der Waals surface area contributed by atoms with Crippen LogP contribution in [0.4, 0.5) is 0 Å². The van der Waals surface area contributed by atoms with Gasteiger partial charge < -0.3 is 0 Å². The van der Waals surface area contributed by atoms with E-state index in [1.807, 2.05) is 6.08 Å². The number of allylic oxidation sites excluding steroid dienone is 2. The van der Waals surface area contributed by atoms with Crippen molar-refractivity contribution >= 4 is 17.4 Å². The minimum absolute atomic E-state index is 1.30. The molecule has 0 aromatic carbocycles. The molecule has 0 amide bonds. The van der Waals surface area contributed by atoms with Gasteiger partial charge in [0.05, 0.1) is 0 Å². The van der Waals surface area contributed by atoms with Crippen LogP contribution < -0.4 is 0 Å². The summed E-state index contributed by atoms with van der Waals surface area (Å²) in [6, 6.07) is 0. The van der Waals surface area contributed by atoms with Crippen molar-refractivity contribution in [3.63, 3.8) is 0 Å². The molecule has 0 radical (unpaired) electrons. The molecule has 0 nitrogen and oxygen atoms in total. The quantitative estimate of drug-likeness (QED) is 0.568. The standard InChI is InChI=1S/C9H10S/c1-3-4-5-9-7-10-6-8(9)2/h3-7H,1H2,2H3/b5-4-. The maximum Gasteiger partial charge on any atom is -0.00180 e. The molecule has 1 heterocycles. The van der Waals surface area contributed by atoms with E-state index in [-0.39, 0.29) is 0 Å². The van der Waals surface area contributed by atoms with E-state index in [1.165, 1.54) is 11.1 Å². The second-order valence-corrected chi connectivity index (χ2v) is 2.85. The second-order valence-electron chi connectivity index (χ2n) is 2.10. The summed E-state index contributed by atoms with van der Waals surface area (Å²) in [7, 11) is 0. The Labute approximate surface area is 65.5 Å². The first-order valence-electron chi connectivity index (χ1n) is 3.16. The Bertz CT molecular complexity index is 243. The lowest BCUT2D eigenvalue weighted by atomic mass is 10.2. The third-order valence-electron chi connectivity index (χ3n) is 1.31. The summed E-state index contributed by atoms with van der Waals surface area (Å²) in [5, 5.41) is 4.28. The van der Waals surface area contributed by atoms with Crippen molar-refractivity contribution in [2.24, 2.45) is 0 Å². The zero-order valence-corrected chi connectivity index (χ0v) is 6.82. The highest BCUT2D eigenvalue weighted by molar-refractivity contribution is 7.08. The molecular weight excluding hydrogens is 140 g/mol. The van der Waals surface area contributed by atoms with Gasteiger partial charge in [-0.3, -0.25) is 0 Å². The van der Waals surface area contributed by atoms with Gasteiger partial charge in [-0.05, 0) is 28.8 Å². The first-order valence-corrected chi connectivity index (χ1v) is 4.11. The highest BCUT2D eigenvalue weighted by Gasteiger charge is 1.90. The Balaban J connectivity index is 2.83. The van der Waals surface area contributed by atoms with Crippen LogP contribution in [0.15, 0.2) is 29.5 Å². The molecule has 0 bridgehead atoms. The summed E-state index contributed by atoms with van der Waals surface area (Å²) in [5.74, 6) is 0. The molecule has 10 heavy (non-hydrogen) atoms. The van der Waals surface area contributed by atoms with Gasteiger partial charge in [0.2, 0.25) is 0 Å². The third-order valence-corrected chi connectivity index (χ3v) is 2.19. The molecule has 0 aliphatic heterocycles.